The van der Waals surface area contributed by atoms with E-state index >= 15 is 0 Å². The Labute approximate surface area is 94.1 Å². The van der Waals surface area contributed by atoms with Crippen LogP contribution in [0, 0.1) is 11.8 Å². The van der Waals surface area contributed by atoms with Gasteiger partial charge in [0.05, 0.1) is 0 Å². The summed E-state index contributed by atoms with van der Waals surface area (Å²) >= 11 is 0. The fourth-order valence-electron chi connectivity index (χ4n) is 2.05. The third-order valence-corrected chi connectivity index (χ3v) is 3.47. The normalized spacial score (nSPS) is 27.1. The van der Waals surface area contributed by atoms with Gasteiger partial charge < -0.3 is 0 Å². The molecule has 0 amide bonds. The van der Waals surface area contributed by atoms with Gasteiger partial charge in [0.15, 0.2) is 0 Å². The van der Waals surface area contributed by atoms with E-state index in [9.17, 15) is 0 Å². The van der Waals surface area contributed by atoms with Crippen molar-refractivity contribution in [3.8, 4) is 0 Å². The van der Waals surface area contributed by atoms with Gasteiger partial charge >= 0.3 is 0 Å². The van der Waals surface area contributed by atoms with E-state index in [0.29, 0.717) is 11.8 Å². The molecule has 82 valence electrons. The molecule has 15 heavy (non-hydrogen) atoms. The molecule has 0 radical (unpaired) electrons. The van der Waals surface area contributed by atoms with E-state index in [2.05, 4.69) is 59.4 Å². The lowest BCUT2D eigenvalue weighted by Gasteiger charge is -2.27. The Morgan fingerprint density at radius 3 is 2.33 bits per heavy atom. The van der Waals surface area contributed by atoms with Gasteiger partial charge in [0.2, 0.25) is 0 Å². The quantitative estimate of drug-likeness (QED) is 0.571. The summed E-state index contributed by atoms with van der Waals surface area (Å²) in [7, 11) is 0. The molecule has 0 aromatic rings. The topological polar surface area (TPSA) is 0 Å². The van der Waals surface area contributed by atoms with Crippen LogP contribution in [0.15, 0.2) is 47.1 Å². The highest BCUT2D eigenvalue weighted by Gasteiger charge is 2.21. The number of allylic oxidation sites excluding steroid dienone is 7. The van der Waals surface area contributed by atoms with Crippen molar-refractivity contribution in [3.63, 3.8) is 0 Å². The lowest BCUT2D eigenvalue weighted by Crippen LogP contribution is -2.15. The fourth-order valence-corrected chi connectivity index (χ4v) is 2.05. The van der Waals surface area contributed by atoms with Crippen LogP contribution in [-0.4, -0.2) is 0 Å². The first kappa shape index (κ1) is 12.0. The molecule has 1 rings (SSSR count). The molecule has 0 fully saturated rings. The Morgan fingerprint density at radius 2 is 1.80 bits per heavy atom. The van der Waals surface area contributed by atoms with Crippen LogP contribution in [0.1, 0.15) is 34.6 Å². The first-order valence-corrected chi connectivity index (χ1v) is 5.66. The van der Waals surface area contributed by atoms with Gasteiger partial charge in [0.1, 0.15) is 0 Å². The second-order valence-corrected chi connectivity index (χ2v) is 4.58. The van der Waals surface area contributed by atoms with Crippen LogP contribution in [0.5, 0.6) is 0 Å². The molecule has 0 aromatic carbocycles. The molecule has 0 N–H and O–H groups in total. The average molecular weight is 202 g/mol. The van der Waals surface area contributed by atoms with Crippen LogP contribution in [0.25, 0.3) is 0 Å². The van der Waals surface area contributed by atoms with E-state index in [1.54, 1.807) is 0 Å². The predicted molar refractivity (Wildman–Crippen MR) is 68.7 cm³/mol. The Morgan fingerprint density at radius 1 is 1.27 bits per heavy atom. The van der Waals surface area contributed by atoms with E-state index in [0.717, 1.165) is 0 Å². The number of hydrogen-bond acceptors (Lipinski definition) is 0. The summed E-state index contributed by atoms with van der Waals surface area (Å²) in [5.74, 6) is 1.04. The maximum Gasteiger partial charge on any atom is 0.00808 e. The second kappa shape index (κ2) is 4.65. The van der Waals surface area contributed by atoms with E-state index in [1.807, 2.05) is 0 Å². The zero-order valence-corrected chi connectivity index (χ0v) is 10.6. The lowest BCUT2D eigenvalue weighted by atomic mass is 9.78. The monoisotopic (exact) mass is 202 g/mol. The molecule has 2 unspecified atom stereocenters. The Balaban J connectivity index is 2.95. The SMILES string of the molecule is C=C(/C(C)=C\C)C1C=C(C)C(C)=CC1C. The molecule has 0 saturated carbocycles. The van der Waals surface area contributed by atoms with Crippen molar-refractivity contribution in [2.24, 2.45) is 11.8 Å². The third kappa shape index (κ3) is 2.50. The standard InChI is InChI=1S/C15H22/c1-7-10(2)14(6)15-9-12(4)11(3)8-13(15)5/h7-9,13,15H,6H2,1-5H3/b10-7-. The van der Waals surface area contributed by atoms with E-state index in [1.165, 1.54) is 22.3 Å². The minimum absolute atomic E-state index is 0.477. The average Bonchev–Trinajstić information content (AvgIpc) is 2.21. The molecule has 0 aromatic heterocycles. The summed E-state index contributed by atoms with van der Waals surface area (Å²) in [4.78, 5) is 0. The maximum absolute atomic E-state index is 4.22. The molecule has 1 aliphatic carbocycles. The highest BCUT2D eigenvalue weighted by Crippen LogP contribution is 2.34. The molecule has 1 aliphatic rings. The highest BCUT2D eigenvalue weighted by molar-refractivity contribution is 5.40. The van der Waals surface area contributed by atoms with Crippen LogP contribution in [0.4, 0.5) is 0 Å². The summed E-state index contributed by atoms with van der Waals surface area (Å²) in [5, 5.41) is 0. The lowest BCUT2D eigenvalue weighted by molar-refractivity contribution is 0.573. The number of rotatable bonds is 2. The first-order valence-electron chi connectivity index (χ1n) is 5.66. The van der Waals surface area contributed by atoms with Gasteiger partial charge in [0.25, 0.3) is 0 Å². The van der Waals surface area contributed by atoms with Crippen LogP contribution >= 0.6 is 0 Å². The third-order valence-electron chi connectivity index (χ3n) is 3.47. The summed E-state index contributed by atoms with van der Waals surface area (Å²) in [6.07, 6.45) is 6.85. The van der Waals surface area contributed by atoms with E-state index in [-0.39, 0.29) is 0 Å². The van der Waals surface area contributed by atoms with Crippen molar-refractivity contribution in [1.29, 1.82) is 0 Å². The van der Waals surface area contributed by atoms with Crippen molar-refractivity contribution < 1.29 is 0 Å². The van der Waals surface area contributed by atoms with Crippen molar-refractivity contribution in [3.05, 3.63) is 47.1 Å². The van der Waals surface area contributed by atoms with E-state index < -0.39 is 0 Å². The Bertz CT molecular complexity index is 350. The molecule has 0 heteroatoms. The minimum Gasteiger partial charge on any atom is -0.0950 e. The molecule has 0 aliphatic heterocycles. The van der Waals surface area contributed by atoms with Crippen LogP contribution in [0.3, 0.4) is 0 Å². The molecule has 2 atom stereocenters. The van der Waals surface area contributed by atoms with Crippen LogP contribution in [-0.2, 0) is 0 Å². The zero-order chi connectivity index (χ0) is 11.6. The van der Waals surface area contributed by atoms with Gasteiger partial charge in [-0.25, -0.2) is 0 Å². The summed E-state index contributed by atoms with van der Waals surface area (Å²) < 4.78 is 0. The minimum atomic E-state index is 0.477. The predicted octanol–water partition coefficient (Wildman–Crippen LogP) is 4.67. The van der Waals surface area contributed by atoms with Crippen molar-refractivity contribution in [2.75, 3.05) is 0 Å². The van der Waals surface area contributed by atoms with Crippen molar-refractivity contribution in [2.45, 2.75) is 34.6 Å². The van der Waals surface area contributed by atoms with Gasteiger partial charge in [-0.3, -0.25) is 0 Å². The number of hydrogen-bond donors (Lipinski definition) is 0. The summed E-state index contributed by atoms with van der Waals surface area (Å²) in [6.45, 7) is 15.1. The van der Waals surface area contributed by atoms with Crippen LogP contribution < -0.4 is 0 Å². The molecular formula is C15H22. The largest absolute Gasteiger partial charge is 0.0950 e. The summed E-state index contributed by atoms with van der Waals surface area (Å²) in [5.41, 5.74) is 5.37. The van der Waals surface area contributed by atoms with Crippen molar-refractivity contribution in [1.82, 2.24) is 0 Å². The van der Waals surface area contributed by atoms with Gasteiger partial charge in [-0.05, 0) is 39.2 Å². The highest BCUT2D eigenvalue weighted by atomic mass is 14.3. The zero-order valence-electron chi connectivity index (χ0n) is 10.6. The Kier molecular flexibility index (Phi) is 3.73. The molecule has 0 spiro atoms. The molecule has 0 heterocycles. The molecule has 0 bridgehead atoms. The molecular weight excluding hydrogens is 180 g/mol. The molecule has 0 nitrogen and oxygen atoms in total. The fraction of sp³-hybridized carbons (Fsp3) is 0.467. The maximum atomic E-state index is 4.22. The summed E-state index contributed by atoms with van der Waals surface area (Å²) in [6, 6.07) is 0. The van der Waals surface area contributed by atoms with E-state index in [4.69, 9.17) is 0 Å². The second-order valence-electron chi connectivity index (χ2n) is 4.58. The molecule has 0 saturated heterocycles. The van der Waals surface area contributed by atoms with Gasteiger partial charge in [-0.1, -0.05) is 48.5 Å². The smallest absolute Gasteiger partial charge is 0.00808 e. The first-order chi connectivity index (χ1) is 6.97. The van der Waals surface area contributed by atoms with Crippen LogP contribution in [0.2, 0.25) is 0 Å². The van der Waals surface area contributed by atoms with Gasteiger partial charge in [0, 0.05) is 5.92 Å². The Hall–Kier alpha value is -1.04. The van der Waals surface area contributed by atoms with Crippen molar-refractivity contribution >= 4 is 0 Å². The van der Waals surface area contributed by atoms with Gasteiger partial charge in [-0.15, -0.1) is 0 Å². The van der Waals surface area contributed by atoms with Gasteiger partial charge in [-0.2, -0.15) is 0 Å².